The van der Waals surface area contributed by atoms with Crippen LogP contribution in [0.15, 0.2) is 53.4 Å². The zero-order chi connectivity index (χ0) is 20.0. The zero-order valence-electron chi connectivity index (χ0n) is 15.3. The van der Waals surface area contributed by atoms with E-state index in [-0.39, 0.29) is 22.8 Å². The quantitative estimate of drug-likeness (QED) is 0.674. The number of nitrogens with zero attached hydrogens (tertiary/aromatic N) is 1. The summed E-state index contributed by atoms with van der Waals surface area (Å²) in [7, 11) is -2.82. The van der Waals surface area contributed by atoms with Gasteiger partial charge in [0, 0.05) is 0 Å². The highest BCUT2D eigenvalue weighted by Crippen LogP contribution is 2.25. The van der Waals surface area contributed by atoms with Crippen LogP contribution in [0.2, 0.25) is 0 Å². The molecule has 2 aromatic carbocycles. The Balaban J connectivity index is 2.53. The fourth-order valence-electron chi connectivity index (χ4n) is 2.38. The van der Waals surface area contributed by atoms with Crippen LogP contribution in [0.1, 0.15) is 22.8 Å². The van der Waals surface area contributed by atoms with Crippen LogP contribution in [-0.4, -0.2) is 40.6 Å². The number of carbonyl (C=O) groups excluding carboxylic acids is 2. The molecule has 0 unspecified atom stereocenters. The number of anilines is 1. The Kier molecular flexibility index (Phi) is 6.57. The number of esters is 2. The minimum absolute atomic E-state index is 0.0286. The molecule has 2 aromatic rings. The Morgan fingerprint density at radius 3 is 2.33 bits per heavy atom. The third kappa shape index (κ3) is 4.85. The molecular weight excluding hydrogens is 370 g/mol. The SMILES string of the molecule is CCOC(=O)CN(c1cccc(C(=O)OC)c1)S(=O)(=O)c1ccc(C)cc1. The molecule has 0 saturated carbocycles. The maximum Gasteiger partial charge on any atom is 0.337 e. The van der Waals surface area contributed by atoms with Gasteiger partial charge in [0.2, 0.25) is 0 Å². The van der Waals surface area contributed by atoms with E-state index < -0.39 is 28.5 Å². The zero-order valence-corrected chi connectivity index (χ0v) is 16.2. The molecule has 0 aliphatic heterocycles. The number of aryl methyl sites for hydroxylation is 1. The van der Waals surface area contributed by atoms with Gasteiger partial charge in [-0.05, 0) is 44.2 Å². The van der Waals surface area contributed by atoms with Crippen LogP contribution < -0.4 is 4.31 Å². The van der Waals surface area contributed by atoms with Gasteiger partial charge in [-0.25, -0.2) is 13.2 Å². The van der Waals surface area contributed by atoms with E-state index in [4.69, 9.17) is 4.74 Å². The maximum absolute atomic E-state index is 13.1. The second-order valence-electron chi connectivity index (χ2n) is 5.67. The predicted molar refractivity (Wildman–Crippen MR) is 100 cm³/mol. The molecule has 0 spiro atoms. The van der Waals surface area contributed by atoms with Gasteiger partial charge in [-0.1, -0.05) is 23.8 Å². The number of benzene rings is 2. The Labute approximate surface area is 158 Å². The molecule has 0 atom stereocenters. The van der Waals surface area contributed by atoms with Gasteiger partial charge in [0.1, 0.15) is 6.54 Å². The third-order valence-electron chi connectivity index (χ3n) is 3.74. The van der Waals surface area contributed by atoms with Gasteiger partial charge in [-0.15, -0.1) is 0 Å². The lowest BCUT2D eigenvalue weighted by Crippen LogP contribution is -2.36. The molecule has 0 saturated heterocycles. The molecule has 2 rings (SSSR count). The van der Waals surface area contributed by atoms with Crippen LogP contribution in [0, 0.1) is 6.92 Å². The molecule has 0 bridgehead atoms. The highest BCUT2D eigenvalue weighted by Gasteiger charge is 2.28. The summed E-state index contributed by atoms with van der Waals surface area (Å²) in [5, 5.41) is 0. The smallest absolute Gasteiger partial charge is 0.337 e. The number of methoxy groups -OCH3 is 1. The Morgan fingerprint density at radius 1 is 1.07 bits per heavy atom. The van der Waals surface area contributed by atoms with E-state index in [9.17, 15) is 18.0 Å². The largest absolute Gasteiger partial charge is 0.465 e. The Hall–Kier alpha value is -2.87. The summed E-state index contributed by atoms with van der Waals surface area (Å²) in [6.45, 7) is 3.08. The fraction of sp³-hybridized carbons (Fsp3) is 0.263. The molecule has 144 valence electrons. The van der Waals surface area contributed by atoms with Gasteiger partial charge < -0.3 is 9.47 Å². The van der Waals surface area contributed by atoms with E-state index in [1.54, 1.807) is 19.1 Å². The summed E-state index contributed by atoms with van der Waals surface area (Å²) in [6, 6.07) is 12.1. The first-order chi connectivity index (χ1) is 12.8. The molecule has 27 heavy (non-hydrogen) atoms. The predicted octanol–water partition coefficient (Wildman–Crippen LogP) is 2.54. The molecule has 0 amide bonds. The summed E-state index contributed by atoms with van der Waals surface area (Å²) in [5.41, 5.74) is 1.23. The van der Waals surface area contributed by atoms with E-state index in [1.807, 2.05) is 6.92 Å². The van der Waals surface area contributed by atoms with Crippen LogP contribution in [0.5, 0.6) is 0 Å². The van der Waals surface area contributed by atoms with E-state index in [0.29, 0.717) is 0 Å². The number of carbonyl (C=O) groups is 2. The molecule has 0 radical (unpaired) electrons. The van der Waals surface area contributed by atoms with Crippen molar-refractivity contribution in [2.45, 2.75) is 18.7 Å². The summed E-state index contributed by atoms with van der Waals surface area (Å²) < 4.78 is 36.8. The van der Waals surface area contributed by atoms with Crippen molar-refractivity contribution in [1.82, 2.24) is 0 Å². The number of hydrogen-bond acceptors (Lipinski definition) is 6. The number of ether oxygens (including phenoxy) is 2. The minimum atomic E-state index is -4.05. The molecule has 7 nitrogen and oxygen atoms in total. The maximum atomic E-state index is 13.1. The normalized spacial score (nSPS) is 10.9. The summed E-state index contributed by atoms with van der Waals surface area (Å²) in [4.78, 5) is 23.8. The standard InChI is InChI=1S/C19H21NO6S/c1-4-26-18(21)13-20(16-7-5-6-15(12-16)19(22)25-3)27(23,24)17-10-8-14(2)9-11-17/h5-12H,4,13H2,1-3H3. The van der Waals surface area contributed by atoms with Gasteiger partial charge in [0.15, 0.2) is 0 Å². The number of hydrogen-bond donors (Lipinski definition) is 0. The van der Waals surface area contributed by atoms with Gasteiger partial charge in [-0.3, -0.25) is 9.10 Å². The van der Waals surface area contributed by atoms with Crippen molar-refractivity contribution in [3.8, 4) is 0 Å². The first-order valence-electron chi connectivity index (χ1n) is 8.23. The average Bonchev–Trinajstić information content (AvgIpc) is 2.66. The van der Waals surface area contributed by atoms with Crippen molar-refractivity contribution in [2.75, 3.05) is 24.6 Å². The van der Waals surface area contributed by atoms with Crippen LogP contribution >= 0.6 is 0 Å². The highest BCUT2D eigenvalue weighted by molar-refractivity contribution is 7.92. The van der Waals surface area contributed by atoms with Crippen LogP contribution in [0.25, 0.3) is 0 Å². The van der Waals surface area contributed by atoms with Gasteiger partial charge >= 0.3 is 11.9 Å². The number of sulfonamides is 1. The van der Waals surface area contributed by atoms with E-state index in [1.165, 1.54) is 43.5 Å². The molecule has 0 heterocycles. The molecule has 8 heteroatoms. The molecule has 0 N–H and O–H groups in total. The van der Waals surface area contributed by atoms with Crippen LogP contribution in [-0.2, 0) is 24.3 Å². The van der Waals surface area contributed by atoms with Crippen molar-refractivity contribution < 1.29 is 27.5 Å². The number of rotatable bonds is 7. The molecule has 0 aliphatic rings. The van der Waals surface area contributed by atoms with E-state index in [2.05, 4.69) is 4.74 Å². The fourth-order valence-corrected chi connectivity index (χ4v) is 3.78. The first kappa shape index (κ1) is 20.4. The highest BCUT2D eigenvalue weighted by atomic mass is 32.2. The Morgan fingerprint density at radius 2 is 1.74 bits per heavy atom. The molecular formula is C19H21NO6S. The van der Waals surface area contributed by atoms with Crippen molar-refractivity contribution in [3.63, 3.8) is 0 Å². The lowest BCUT2D eigenvalue weighted by atomic mass is 10.2. The lowest BCUT2D eigenvalue weighted by Gasteiger charge is -2.24. The second-order valence-corrected chi connectivity index (χ2v) is 7.53. The first-order valence-corrected chi connectivity index (χ1v) is 9.67. The van der Waals surface area contributed by atoms with Gasteiger partial charge in [0.25, 0.3) is 10.0 Å². The van der Waals surface area contributed by atoms with Crippen molar-refractivity contribution in [1.29, 1.82) is 0 Å². The van der Waals surface area contributed by atoms with Gasteiger partial charge in [-0.2, -0.15) is 0 Å². The van der Waals surface area contributed by atoms with Crippen molar-refractivity contribution >= 4 is 27.6 Å². The monoisotopic (exact) mass is 391 g/mol. The third-order valence-corrected chi connectivity index (χ3v) is 5.53. The van der Waals surface area contributed by atoms with Crippen molar-refractivity contribution in [2.24, 2.45) is 0 Å². The molecule has 0 aromatic heterocycles. The van der Waals surface area contributed by atoms with E-state index in [0.717, 1.165) is 9.87 Å². The summed E-state index contributed by atoms with van der Waals surface area (Å²) in [5.74, 6) is -1.31. The van der Waals surface area contributed by atoms with Gasteiger partial charge in [0.05, 0.1) is 29.9 Å². The summed E-state index contributed by atoms with van der Waals surface area (Å²) >= 11 is 0. The average molecular weight is 391 g/mol. The minimum Gasteiger partial charge on any atom is -0.465 e. The topological polar surface area (TPSA) is 90.0 Å². The van der Waals surface area contributed by atoms with Crippen LogP contribution in [0.3, 0.4) is 0 Å². The lowest BCUT2D eigenvalue weighted by molar-refractivity contribution is -0.141. The van der Waals surface area contributed by atoms with Crippen LogP contribution in [0.4, 0.5) is 5.69 Å². The second kappa shape index (κ2) is 8.68. The molecule has 0 aliphatic carbocycles. The van der Waals surface area contributed by atoms with E-state index >= 15 is 0 Å². The Bertz CT molecular complexity index is 921. The molecule has 0 fully saturated rings. The van der Waals surface area contributed by atoms with Crippen molar-refractivity contribution in [3.05, 3.63) is 59.7 Å². The summed E-state index contributed by atoms with van der Waals surface area (Å²) in [6.07, 6.45) is 0.